The van der Waals surface area contributed by atoms with Crippen molar-refractivity contribution < 1.29 is 37.1 Å². The van der Waals surface area contributed by atoms with Gasteiger partial charge in [-0.2, -0.15) is 18.2 Å². The Morgan fingerprint density at radius 1 is 1.18 bits per heavy atom. The molecule has 2 N–H and O–H groups in total. The van der Waals surface area contributed by atoms with Crippen LogP contribution in [0.5, 0.6) is 0 Å². The Kier molecular flexibility index (Phi) is 8.69. The van der Waals surface area contributed by atoms with Crippen molar-refractivity contribution in [1.29, 1.82) is 0 Å². The van der Waals surface area contributed by atoms with Crippen LogP contribution < -0.4 is 5.32 Å². The number of nitrogens with zero attached hydrogens (tertiary/aromatic N) is 4. The molecule has 2 aromatic rings. The van der Waals surface area contributed by atoms with Gasteiger partial charge in [0, 0.05) is 12.1 Å². The fourth-order valence-electron chi connectivity index (χ4n) is 5.27. The van der Waals surface area contributed by atoms with E-state index >= 15 is 0 Å². The van der Waals surface area contributed by atoms with Crippen LogP contribution in [-0.4, -0.2) is 50.4 Å². The number of benzene rings is 1. The lowest BCUT2D eigenvalue weighted by atomic mass is 9.94. The number of nitrogens with one attached hydrogen (secondary N) is 1. The Balaban J connectivity index is 1.55. The number of rotatable bonds is 5. The van der Waals surface area contributed by atoms with E-state index in [1.165, 1.54) is 11.0 Å². The molecule has 1 aliphatic carbocycles. The van der Waals surface area contributed by atoms with Crippen LogP contribution in [0.2, 0.25) is 0 Å². The van der Waals surface area contributed by atoms with Gasteiger partial charge >= 0.3 is 18.4 Å². The number of carboxylic acid groups (broad SMARTS) is 1. The van der Waals surface area contributed by atoms with Crippen LogP contribution in [-0.2, 0) is 17.3 Å². The van der Waals surface area contributed by atoms with Crippen molar-refractivity contribution in [3.63, 3.8) is 0 Å². The minimum atomic E-state index is -4.54. The van der Waals surface area contributed by atoms with Gasteiger partial charge in [-0.05, 0) is 64.0 Å². The van der Waals surface area contributed by atoms with E-state index in [0.29, 0.717) is 31.7 Å². The lowest BCUT2D eigenvalue weighted by Crippen LogP contribution is -2.46. The molecule has 1 saturated heterocycles. The normalized spacial score (nSPS) is 18.8. The van der Waals surface area contributed by atoms with E-state index in [4.69, 9.17) is 9.26 Å². The van der Waals surface area contributed by atoms with Gasteiger partial charge < -0.3 is 19.3 Å². The molecule has 1 atom stereocenters. The highest BCUT2D eigenvalue weighted by molar-refractivity contribution is 5.98. The molecule has 0 bridgehead atoms. The van der Waals surface area contributed by atoms with Crippen LogP contribution in [0, 0.1) is 5.92 Å². The molecule has 4 rings (SSSR count). The van der Waals surface area contributed by atoms with Gasteiger partial charge in [0.15, 0.2) is 0 Å². The highest BCUT2D eigenvalue weighted by Crippen LogP contribution is 2.38. The highest BCUT2D eigenvalue weighted by Gasteiger charge is 2.36. The molecular formula is C27H34F3N5O5. The van der Waals surface area contributed by atoms with Crippen LogP contribution in [0.25, 0.3) is 11.4 Å². The number of guanidine groups is 1. The first kappa shape index (κ1) is 29.3. The number of aliphatic imine (C=N–C) groups is 1. The van der Waals surface area contributed by atoms with Crippen LogP contribution in [0.1, 0.15) is 88.8 Å². The summed E-state index contributed by atoms with van der Waals surface area (Å²) < 4.78 is 52.5. The number of carbonyl (C=O) groups excluding carboxylic acids is 1. The Morgan fingerprint density at radius 3 is 2.55 bits per heavy atom. The van der Waals surface area contributed by atoms with Gasteiger partial charge in [0.25, 0.3) is 0 Å². The van der Waals surface area contributed by atoms with E-state index in [2.05, 4.69) is 20.4 Å². The molecule has 40 heavy (non-hydrogen) atoms. The van der Waals surface area contributed by atoms with E-state index in [1.807, 2.05) is 0 Å². The van der Waals surface area contributed by atoms with Crippen LogP contribution >= 0.6 is 0 Å². The maximum atomic E-state index is 14.0. The third kappa shape index (κ3) is 7.51. The minimum absolute atomic E-state index is 0.0217. The van der Waals surface area contributed by atoms with E-state index < -0.39 is 35.6 Å². The molecule has 1 aliphatic heterocycles. The predicted molar refractivity (Wildman–Crippen MR) is 139 cm³/mol. The van der Waals surface area contributed by atoms with Crippen LogP contribution in [0.3, 0.4) is 0 Å². The number of hydrogen-bond donors (Lipinski definition) is 2. The summed E-state index contributed by atoms with van der Waals surface area (Å²) in [4.78, 5) is 33.0. The largest absolute Gasteiger partial charge is 0.463 e. The summed E-state index contributed by atoms with van der Waals surface area (Å²) in [6, 6.07) is 3.43. The summed E-state index contributed by atoms with van der Waals surface area (Å²) in [7, 11) is 0. The molecule has 2 heterocycles. The number of alkyl carbamates (subject to hydrolysis) is 1. The number of halogens is 3. The molecule has 0 radical (unpaired) electrons. The second-order valence-electron chi connectivity index (χ2n) is 11.2. The average molecular weight is 566 g/mol. The minimum Gasteiger partial charge on any atom is -0.463 e. The number of amides is 2. The van der Waals surface area contributed by atoms with Crippen molar-refractivity contribution in [1.82, 2.24) is 20.4 Å². The first-order valence-corrected chi connectivity index (χ1v) is 13.4. The summed E-state index contributed by atoms with van der Waals surface area (Å²) in [5.41, 5.74) is -1.14. The fraction of sp³-hybridized carbons (Fsp3) is 0.593. The molecule has 2 aliphatic rings. The van der Waals surface area contributed by atoms with E-state index in [-0.39, 0.29) is 28.8 Å². The molecule has 218 valence electrons. The summed E-state index contributed by atoms with van der Waals surface area (Å²) in [6.45, 7) is 5.29. The molecule has 2 amide bonds. The summed E-state index contributed by atoms with van der Waals surface area (Å²) in [5.74, 6) is 0.242. The lowest BCUT2D eigenvalue weighted by molar-refractivity contribution is -0.138. The van der Waals surface area contributed by atoms with E-state index in [0.717, 1.165) is 38.2 Å². The fourth-order valence-corrected chi connectivity index (χ4v) is 5.27. The Bertz CT molecular complexity index is 1250. The summed E-state index contributed by atoms with van der Waals surface area (Å²) in [6.07, 6.45) is -0.433. The third-order valence-electron chi connectivity index (χ3n) is 7.04. The number of alkyl halides is 3. The monoisotopic (exact) mass is 565 g/mol. The zero-order valence-electron chi connectivity index (χ0n) is 22.8. The highest BCUT2D eigenvalue weighted by atomic mass is 19.4. The van der Waals surface area contributed by atoms with Gasteiger partial charge in [0.1, 0.15) is 11.6 Å². The van der Waals surface area contributed by atoms with Crippen LogP contribution in [0.4, 0.5) is 22.8 Å². The Labute approximate surface area is 230 Å². The topological polar surface area (TPSA) is 130 Å². The third-order valence-corrected chi connectivity index (χ3v) is 7.04. The number of ether oxygens (including phenoxy) is 1. The van der Waals surface area contributed by atoms with Gasteiger partial charge in [0.05, 0.1) is 5.56 Å². The van der Waals surface area contributed by atoms with E-state index in [9.17, 15) is 27.9 Å². The van der Waals surface area contributed by atoms with Crippen molar-refractivity contribution >= 4 is 18.1 Å². The van der Waals surface area contributed by atoms with Gasteiger partial charge in [-0.15, -0.1) is 4.99 Å². The van der Waals surface area contributed by atoms with Crippen molar-refractivity contribution in [3.05, 3.63) is 35.2 Å². The van der Waals surface area contributed by atoms with Crippen molar-refractivity contribution in [3.8, 4) is 11.4 Å². The molecule has 10 nitrogen and oxygen atoms in total. The number of aryl methyl sites for hydroxylation is 1. The Morgan fingerprint density at radius 2 is 1.90 bits per heavy atom. The van der Waals surface area contributed by atoms with Gasteiger partial charge in [0.2, 0.25) is 17.7 Å². The second kappa shape index (κ2) is 11.8. The van der Waals surface area contributed by atoms with Crippen molar-refractivity contribution in [2.24, 2.45) is 10.9 Å². The molecule has 0 spiro atoms. The van der Waals surface area contributed by atoms with Crippen molar-refractivity contribution in [2.75, 3.05) is 6.54 Å². The molecule has 1 aromatic heterocycles. The average Bonchev–Trinajstić information content (AvgIpc) is 3.62. The standard InChI is InChI=1S/C27H34F3N5O5/c1-26(2,3)39-25(38)33-23(32-24(36)37)35-14-6-9-20(35)22-31-21(34-40-22)18-13-12-17(19(15-18)27(28,29)30)11-10-16-7-4-5-8-16/h12-13,15-16,20H,4-11,14H2,1-3H3,(H,36,37)(H,32,33,38). The molecule has 1 saturated carbocycles. The van der Waals surface area contributed by atoms with E-state index in [1.54, 1.807) is 26.8 Å². The summed E-state index contributed by atoms with van der Waals surface area (Å²) in [5, 5.41) is 15.5. The zero-order valence-corrected chi connectivity index (χ0v) is 22.8. The molecule has 13 heteroatoms. The smallest absolute Gasteiger partial charge is 0.434 e. The van der Waals surface area contributed by atoms with Crippen molar-refractivity contribution in [2.45, 2.75) is 90.0 Å². The SMILES string of the molecule is CC(C)(C)OC(=O)NC(=NC(=O)O)N1CCCC1c1nc(-c2ccc(CCC3CCCC3)c(C(F)(F)F)c2)no1. The molecule has 1 aromatic carbocycles. The van der Waals surface area contributed by atoms with Gasteiger partial charge in [-0.1, -0.05) is 43.0 Å². The van der Waals surface area contributed by atoms with Gasteiger partial charge in [-0.25, -0.2) is 9.59 Å². The number of likely N-dealkylation sites (tertiary alicyclic amines) is 1. The number of aromatic nitrogens is 2. The molecular weight excluding hydrogens is 531 g/mol. The maximum absolute atomic E-state index is 14.0. The van der Waals surface area contributed by atoms with Crippen LogP contribution in [0.15, 0.2) is 27.7 Å². The first-order valence-electron chi connectivity index (χ1n) is 13.4. The maximum Gasteiger partial charge on any atom is 0.434 e. The number of carbonyl (C=O) groups is 2. The summed E-state index contributed by atoms with van der Waals surface area (Å²) >= 11 is 0. The quantitative estimate of drug-likeness (QED) is 0.307. The predicted octanol–water partition coefficient (Wildman–Crippen LogP) is 6.57. The number of hydrogen-bond acceptors (Lipinski definition) is 6. The van der Waals surface area contributed by atoms with Gasteiger partial charge in [-0.3, -0.25) is 5.32 Å². The molecule has 2 fully saturated rings. The lowest BCUT2D eigenvalue weighted by Gasteiger charge is -2.26. The molecule has 1 unspecified atom stereocenters. The Hall–Kier alpha value is -3.64. The zero-order chi connectivity index (χ0) is 29.1. The first-order chi connectivity index (χ1) is 18.8. The second-order valence-corrected chi connectivity index (χ2v) is 11.2.